The first-order valence-corrected chi connectivity index (χ1v) is 9.54. The van der Waals surface area contributed by atoms with Gasteiger partial charge < -0.3 is 10.2 Å². The van der Waals surface area contributed by atoms with E-state index in [9.17, 15) is 4.79 Å². The summed E-state index contributed by atoms with van der Waals surface area (Å²) in [6, 6.07) is 0. The number of halogens is 1. The van der Waals surface area contributed by atoms with Crippen LogP contribution in [0.4, 0.5) is 0 Å². The lowest BCUT2D eigenvalue weighted by Crippen LogP contribution is -2.41. The molecule has 1 unspecified atom stereocenters. The molecule has 1 N–H and O–H groups in total. The zero-order chi connectivity index (χ0) is 15.5. The minimum atomic E-state index is 0.0465. The molecule has 1 aromatic rings. The van der Waals surface area contributed by atoms with Crippen LogP contribution < -0.4 is 5.32 Å². The highest BCUT2D eigenvalue weighted by Gasteiger charge is 2.38. The number of thiazole rings is 1. The second-order valence-corrected chi connectivity index (χ2v) is 7.90. The number of carbonyl (C=O) groups is 1. The van der Waals surface area contributed by atoms with Crippen molar-refractivity contribution in [1.82, 2.24) is 15.2 Å². The number of rotatable bonds is 4. The van der Waals surface area contributed by atoms with Crippen LogP contribution in [0.25, 0.3) is 0 Å². The lowest BCUT2D eigenvalue weighted by Gasteiger charge is -2.30. The Morgan fingerprint density at radius 1 is 1.36 bits per heavy atom. The van der Waals surface area contributed by atoms with E-state index in [1.165, 1.54) is 11.3 Å². The molecule has 2 saturated heterocycles. The number of hydrogen-bond donors (Lipinski definition) is 1. The van der Waals surface area contributed by atoms with Crippen LogP contribution in [0.15, 0.2) is 0 Å². The largest absolute Gasteiger partial charge is 0.342 e. The van der Waals surface area contributed by atoms with E-state index in [-0.39, 0.29) is 11.8 Å². The molecule has 0 saturated carbocycles. The van der Waals surface area contributed by atoms with Crippen LogP contribution in [0.5, 0.6) is 0 Å². The third kappa shape index (κ3) is 3.31. The number of amides is 1. The number of nitrogens with zero attached hydrogens (tertiary/aromatic N) is 2. The first-order valence-electron chi connectivity index (χ1n) is 8.35. The van der Waals surface area contributed by atoms with E-state index < -0.39 is 0 Å². The van der Waals surface area contributed by atoms with E-state index in [2.05, 4.69) is 22.1 Å². The van der Waals surface area contributed by atoms with Crippen LogP contribution in [0, 0.1) is 5.92 Å². The summed E-state index contributed by atoms with van der Waals surface area (Å²) >= 11 is 7.71. The van der Waals surface area contributed by atoms with E-state index in [0.717, 1.165) is 57.6 Å². The van der Waals surface area contributed by atoms with Gasteiger partial charge in [0.2, 0.25) is 5.91 Å². The van der Waals surface area contributed by atoms with Crippen LogP contribution in [0.1, 0.15) is 49.1 Å². The lowest BCUT2D eigenvalue weighted by atomic mass is 9.91. The molecule has 0 aliphatic carbocycles. The van der Waals surface area contributed by atoms with Crippen molar-refractivity contribution in [2.75, 3.05) is 26.2 Å². The van der Waals surface area contributed by atoms with Crippen LogP contribution >= 0.6 is 22.9 Å². The van der Waals surface area contributed by atoms with E-state index >= 15 is 0 Å². The Hall–Kier alpha value is -0.650. The highest BCUT2D eigenvalue weighted by molar-refractivity contribution is 7.15. The van der Waals surface area contributed by atoms with E-state index in [1.54, 1.807) is 11.3 Å². The molecule has 22 heavy (non-hydrogen) atoms. The smallest absolute Gasteiger partial charge is 0.227 e. The Balaban J connectivity index is 1.79. The standard InChI is InChI=1S/C16H24ClN3OS/c1-2-6-13-14(22-16(17)19-13)11-9-18-10-12(11)15(21)20-7-4-3-5-8-20/h11-12,18H,2-10H2,1H3/t11-,12?/m1/s1. The summed E-state index contributed by atoms with van der Waals surface area (Å²) in [6.07, 6.45) is 5.53. The first kappa shape index (κ1) is 16.2. The molecule has 6 heteroatoms. The molecular weight excluding hydrogens is 318 g/mol. The van der Waals surface area contributed by atoms with Gasteiger partial charge in [0.05, 0.1) is 11.6 Å². The normalized spacial score (nSPS) is 25.6. The maximum atomic E-state index is 12.9. The zero-order valence-electron chi connectivity index (χ0n) is 13.1. The van der Waals surface area contributed by atoms with Gasteiger partial charge in [0, 0.05) is 37.0 Å². The number of nitrogens with one attached hydrogen (secondary N) is 1. The molecule has 2 atom stereocenters. The second-order valence-electron chi connectivity index (χ2n) is 6.28. The highest BCUT2D eigenvalue weighted by atomic mass is 35.5. The van der Waals surface area contributed by atoms with Crippen molar-refractivity contribution in [3.63, 3.8) is 0 Å². The SMILES string of the molecule is CCCc1nc(Cl)sc1[C@@H]1CNCC1C(=O)N1CCCCC1. The molecule has 0 bridgehead atoms. The highest BCUT2D eigenvalue weighted by Crippen LogP contribution is 2.37. The van der Waals surface area contributed by atoms with Gasteiger partial charge in [-0.25, -0.2) is 4.98 Å². The lowest BCUT2D eigenvalue weighted by molar-refractivity contribution is -0.136. The maximum Gasteiger partial charge on any atom is 0.227 e. The molecule has 122 valence electrons. The Labute approximate surface area is 141 Å². The van der Waals surface area contributed by atoms with Crippen molar-refractivity contribution >= 4 is 28.8 Å². The molecular formula is C16H24ClN3OS. The summed E-state index contributed by atoms with van der Waals surface area (Å²) in [6.45, 7) is 5.64. The Morgan fingerprint density at radius 3 is 2.86 bits per heavy atom. The molecule has 3 heterocycles. The van der Waals surface area contributed by atoms with Gasteiger partial charge in [0.25, 0.3) is 0 Å². The van der Waals surface area contributed by atoms with Crippen LogP contribution in [-0.2, 0) is 11.2 Å². The van der Waals surface area contributed by atoms with Crippen LogP contribution in [0.2, 0.25) is 4.47 Å². The van der Waals surface area contributed by atoms with Gasteiger partial charge >= 0.3 is 0 Å². The molecule has 1 aromatic heterocycles. The third-order valence-corrected chi connectivity index (χ3v) is 6.06. The number of hydrogen-bond acceptors (Lipinski definition) is 4. The van der Waals surface area contributed by atoms with Gasteiger partial charge in [-0.05, 0) is 25.7 Å². The van der Waals surface area contributed by atoms with Crippen molar-refractivity contribution in [3.8, 4) is 0 Å². The van der Waals surface area contributed by atoms with Crippen LogP contribution in [-0.4, -0.2) is 42.0 Å². The van der Waals surface area contributed by atoms with Crippen molar-refractivity contribution in [3.05, 3.63) is 15.0 Å². The van der Waals surface area contributed by atoms with Gasteiger partial charge in [-0.15, -0.1) is 11.3 Å². The average molecular weight is 342 g/mol. The fraction of sp³-hybridized carbons (Fsp3) is 0.750. The minimum absolute atomic E-state index is 0.0465. The molecule has 0 radical (unpaired) electrons. The summed E-state index contributed by atoms with van der Waals surface area (Å²) in [5.41, 5.74) is 1.10. The molecule has 3 rings (SSSR count). The fourth-order valence-electron chi connectivity index (χ4n) is 3.60. The maximum absolute atomic E-state index is 12.9. The monoisotopic (exact) mass is 341 g/mol. The number of carbonyl (C=O) groups excluding carboxylic acids is 1. The quantitative estimate of drug-likeness (QED) is 0.915. The first-order chi connectivity index (χ1) is 10.7. The summed E-state index contributed by atoms with van der Waals surface area (Å²) in [5.74, 6) is 0.605. The van der Waals surface area contributed by atoms with Crippen molar-refractivity contribution in [2.45, 2.75) is 44.9 Å². The molecule has 0 aromatic carbocycles. The predicted octanol–water partition coefficient (Wildman–Crippen LogP) is 3.06. The van der Waals surface area contributed by atoms with Gasteiger partial charge in [-0.3, -0.25) is 4.79 Å². The van der Waals surface area contributed by atoms with Crippen molar-refractivity contribution in [2.24, 2.45) is 5.92 Å². The van der Waals surface area contributed by atoms with Crippen molar-refractivity contribution < 1.29 is 4.79 Å². The molecule has 0 spiro atoms. The topological polar surface area (TPSA) is 45.2 Å². The minimum Gasteiger partial charge on any atom is -0.342 e. The summed E-state index contributed by atoms with van der Waals surface area (Å²) in [4.78, 5) is 20.7. The predicted molar refractivity (Wildman–Crippen MR) is 90.7 cm³/mol. The van der Waals surface area contributed by atoms with Gasteiger partial charge in [-0.2, -0.15) is 0 Å². The zero-order valence-corrected chi connectivity index (χ0v) is 14.7. The second kappa shape index (κ2) is 7.28. The average Bonchev–Trinajstić information content (AvgIpc) is 3.14. The molecule has 4 nitrogen and oxygen atoms in total. The van der Waals surface area contributed by atoms with Crippen LogP contribution in [0.3, 0.4) is 0 Å². The summed E-state index contributed by atoms with van der Waals surface area (Å²) in [5, 5.41) is 3.41. The Bertz CT molecular complexity index is 527. The number of piperidine rings is 1. The third-order valence-electron chi connectivity index (χ3n) is 4.72. The Morgan fingerprint density at radius 2 is 2.14 bits per heavy atom. The molecule has 2 fully saturated rings. The Kier molecular flexibility index (Phi) is 5.37. The number of aromatic nitrogens is 1. The number of aryl methyl sites for hydroxylation is 1. The molecule has 2 aliphatic heterocycles. The van der Waals surface area contributed by atoms with E-state index in [4.69, 9.17) is 11.6 Å². The van der Waals surface area contributed by atoms with Gasteiger partial charge in [0.15, 0.2) is 4.47 Å². The molecule has 1 amide bonds. The summed E-state index contributed by atoms with van der Waals surface area (Å²) in [7, 11) is 0. The van der Waals surface area contributed by atoms with E-state index in [1.807, 2.05) is 0 Å². The fourth-order valence-corrected chi connectivity index (χ4v) is 4.95. The van der Waals surface area contributed by atoms with Gasteiger partial charge in [0.1, 0.15) is 0 Å². The van der Waals surface area contributed by atoms with Gasteiger partial charge in [-0.1, -0.05) is 24.9 Å². The summed E-state index contributed by atoms with van der Waals surface area (Å²) < 4.78 is 0.606. The van der Waals surface area contributed by atoms with E-state index in [0.29, 0.717) is 10.4 Å². The molecule has 2 aliphatic rings. The number of likely N-dealkylation sites (tertiary alicyclic amines) is 1. The van der Waals surface area contributed by atoms with Crippen molar-refractivity contribution in [1.29, 1.82) is 0 Å².